The number of hydrogen-bond donors (Lipinski definition) is 1. The Morgan fingerprint density at radius 1 is 1.29 bits per heavy atom. The van der Waals surface area contributed by atoms with Crippen LogP contribution in [-0.4, -0.2) is 54.9 Å². The molecule has 4 aromatic rings. The molecule has 5 rings (SSSR count). The van der Waals surface area contributed by atoms with Crippen molar-refractivity contribution >= 4 is 29.0 Å². The number of thioether (sulfide) groups is 1. The second-order valence-electron chi connectivity index (χ2n) is 7.62. The van der Waals surface area contributed by atoms with Gasteiger partial charge in [-0.05, 0) is 36.9 Å². The van der Waals surface area contributed by atoms with Crippen molar-refractivity contribution in [1.29, 1.82) is 0 Å². The number of nitrogens with one attached hydrogen (secondary N) is 1. The Hall–Kier alpha value is -3.17. The number of anilines is 1. The highest BCUT2D eigenvalue weighted by atomic mass is 32.2. The molecule has 0 saturated carbocycles. The number of pyridine rings is 1. The maximum Gasteiger partial charge on any atom is 0.274 e. The lowest BCUT2D eigenvalue weighted by molar-refractivity contribution is 0.102. The molecule has 0 atom stereocenters. The number of carbonyl (C=O) groups excluding carboxylic acids is 1. The van der Waals surface area contributed by atoms with Crippen molar-refractivity contribution in [2.24, 2.45) is 0 Å². The summed E-state index contributed by atoms with van der Waals surface area (Å²) in [5, 5.41) is 7.81. The Bertz CT molecular complexity index is 1240. The zero-order valence-electron chi connectivity index (χ0n) is 17.3. The van der Waals surface area contributed by atoms with Crippen molar-refractivity contribution in [2.45, 2.75) is 18.7 Å². The summed E-state index contributed by atoms with van der Waals surface area (Å²) in [6, 6.07) is 11.4. The number of rotatable bonds is 6. The van der Waals surface area contributed by atoms with Crippen molar-refractivity contribution < 1.29 is 9.32 Å². The third kappa shape index (κ3) is 3.94. The number of aryl methyl sites for hydroxylation is 1. The largest absolute Gasteiger partial charge is 0.338 e. The molecule has 0 aliphatic carbocycles. The average Bonchev–Trinajstić information content (AvgIpc) is 3.39. The maximum atomic E-state index is 12.9. The van der Waals surface area contributed by atoms with Gasteiger partial charge in [-0.2, -0.15) is 16.7 Å². The predicted octanol–water partition coefficient (Wildman–Crippen LogP) is 3.49. The highest BCUT2D eigenvalue weighted by Crippen LogP contribution is 2.26. The summed E-state index contributed by atoms with van der Waals surface area (Å²) in [6.07, 6.45) is 5.53. The van der Waals surface area contributed by atoms with E-state index in [9.17, 15) is 4.79 Å². The van der Waals surface area contributed by atoms with Gasteiger partial charge in [-0.15, -0.1) is 0 Å². The van der Waals surface area contributed by atoms with E-state index in [4.69, 9.17) is 4.52 Å². The van der Waals surface area contributed by atoms with Crippen molar-refractivity contribution in [1.82, 2.24) is 24.4 Å². The van der Waals surface area contributed by atoms with Crippen LogP contribution in [0.3, 0.4) is 0 Å². The van der Waals surface area contributed by atoms with Crippen LogP contribution in [0, 0.1) is 6.92 Å². The first-order valence-corrected chi connectivity index (χ1v) is 11.3. The van der Waals surface area contributed by atoms with Crippen LogP contribution >= 0.6 is 11.8 Å². The van der Waals surface area contributed by atoms with E-state index in [1.807, 2.05) is 61.3 Å². The van der Waals surface area contributed by atoms with Crippen LogP contribution in [0.15, 0.2) is 53.3 Å². The van der Waals surface area contributed by atoms with E-state index in [1.54, 1.807) is 10.6 Å². The minimum absolute atomic E-state index is 0.228. The second-order valence-corrected chi connectivity index (χ2v) is 8.76. The number of carbonyl (C=O) groups is 1. The van der Waals surface area contributed by atoms with E-state index < -0.39 is 0 Å². The van der Waals surface area contributed by atoms with E-state index in [2.05, 4.69) is 31.6 Å². The highest BCUT2D eigenvalue weighted by Gasteiger charge is 2.27. The fourth-order valence-corrected chi connectivity index (χ4v) is 4.33. The third-order valence-corrected chi connectivity index (χ3v) is 6.44. The van der Waals surface area contributed by atoms with Gasteiger partial charge in [-0.25, -0.2) is 4.98 Å². The van der Waals surface area contributed by atoms with Gasteiger partial charge in [0.15, 0.2) is 0 Å². The first kappa shape index (κ1) is 19.8. The molecule has 4 heterocycles. The summed E-state index contributed by atoms with van der Waals surface area (Å²) in [7, 11) is 0. The number of benzene rings is 1. The standard InChI is InChI=1S/C22H22N6O2S/c1-14-6-7-15(21-25-20(30-26-21)13-27-11-16(12-27)31-2)9-17(14)24-22(29)18-10-23-19-5-3-4-8-28(18)19/h3-10,16H,11-13H2,1-2H3,(H,24,29). The quantitative estimate of drug-likeness (QED) is 0.497. The number of fused-ring (bicyclic) bond motifs is 1. The normalized spacial score (nSPS) is 14.6. The zero-order chi connectivity index (χ0) is 21.4. The minimum atomic E-state index is -0.228. The van der Waals surface area contributed by atoms with Crippen LogP contribution in [-0.2, 0) is 6.54 Å². The molecule has 0 bridgehead atoms. The number of hydrogen-bond acceptors (Lipinski definition) is 7. The molecule has 1 saturated heterocycles. The first-order chi connectivity index (χ1) is 15.1. The molecule has 1 fully saturated rings. The van der Waals surface area contributed by atoms with Crippen LogP contribution in [0.1, 0.15) is 21.9 Å². The smallest absolute Gasteiger partial charge is 0.274 e. The summed E-state index contributed by atoms with van der Waals surface area (Å²) in [5.41, 5.74) is 3.63. The van der Waals surface area contributed by atoms with E-state index >= 15 is 0 Å². The summed E-state index contributed by atoms with van der Waals surface area (Å²) >= 11 is 1.89. The summed E-state index contributed by atoms with van der Waals surface area (Å²) in [5.74, 6) is 0.891. The molecular formula is C22H22N6O2S. The molecule has 158 valence electrons. The Labute approximate surface area is 183 Å². The SMILES string of the molecule is CSC1CN(Cc2nc(-c3ccc(C)c(NC(=O)c4cnc5ccccn45)c3)no2)C1. The summed E-state index contributed by atoms with van der Waals surface area (Å²) in [6.45, 7) is 4.70. The number of amides is 1. The lowest BCUT2D eigenvalue weighted by atomic mass is 10.1. The molecule has 8 nitrogen and oxygen atoms in total. The van der Waals surface area contributed by atoms with Crippen LogP contribution in [0.5, 0.6) is 0 Å². The van der Waals surface area contributed by atoms with Gasteiger partial charge < -0.3 is 9.84 Å². The van der Waals surface area contributed by atoms with Gasteiger partial charge in [0.05, 0.1) is 12.7 Å². The van der Waals surface area contributed by atoms with Gasteiger partial charge in [0.2, 0.25) is 11.7 Å². The van der Waals surface area contributed by atoms with Gasteiger partial charge in [0, 0.05) is 35.8 Å². The maximum absolute atomic E-state index is 12.9. The van der Waals surface area contributed by atoms with Crippen LogP contribution in [0.4, 0.5) is 5.69 Å². The lowest BCUT2D eigenvalue weighted by Gasteiger charge is -2.36. The average molecular weight is 435 g/mol. The van der Waals surface area contributed by atoms with E-state index in [1.165, 1.54) is 0 Å². The Balaban J connectivity index is 1.33. The van der Waals surface area contributed by atoms with Gasteiger partial charge in [0.1, 0.15) is 11.3 Å². The molecule has 31 heavy (non-hydrogen) atoms. The molecule has 1 aromatic carbocycles. The molecule has 1 amide bonds. The van der Waals surface area contributed by atoms with Crippen LogP contribution < -0.4 is 5.32 Å². The van der Waals surface area contributed by atoms with E-state index in [-0.39, 0.29) is 5.91 Å². The lowest BCUT2D eigenvalue weighted by Crippen LogP contribution is -2.48. The number of imidazole rings is 1. The fourth-order valence-electron chi connectivity index (χ4n) is 3.61. The molecule has 9 heteroatoms. The molecular weight excluding hydrogens is 412 g/mol. The number of likely N-dealkylation sites (tertiary alicyclic amines) is 1. The molecule has 0 unspecified atom stereocenters. The monoisotopic (exact) mass is 434 g/mol. The van der Waals surface area contributed by atoms with Gasteiger partial charge >= 0.3 is 0 Å². The van der Waals surface area contributed by atoms with Crippen LogP contribution in [0.25, 0.3) is 17.0 Å². The minimum Gasteiger partial charge on any atom is -0.338 e. The summed E-state index contributed by atoms with van der Waals surface area (Å²) in [4.78, 5) is 24.0. The van der Waals surface area contributed by atoms with Crippen molar-refractivity contribution in [3.63, 3.8) is 0 Å². The topological polar surface area (TPSA) is 88.6 Å². The zero-order valence-corrected chi connectivity index (χ0v) is 18.1. The predicted molar refractivity (Wildman–Crippen MR) is 120 cm³/mol. The Morgan fingerprint density at radius 3 is 3.00 bits per heavy atom. The number of nitrogens with zero attached hydrogens (tertiary/aromatic N) is 5. The van der Waals surface area contributed by atoms with E-state index in [0.717, 1.165) is 29.9 Å². The molecule has 1 aliphatic heterocycles. The first-order valence-electron chi connectivity index (χ1n) is 10.0. The van der Waals surface area contributed by atoms with E-state index in [0.29, 0.717) is 34.9 Å². The third-order valence-electron chi connectivity index (χ3n) is 5.48. The summed E-state index contributed by atoms with van der Waals surface area (Å²) < 4.78 is 7.21. The molecule has 3 aromatic heterocycles. The van der Waals surface area contributed by atoms with Gasteiger partial charge in [0.25, 0.3) is 5.91 Å². The van der Waals surface area contributed by atoms with Crippen molar-refractivity contribution in [2.75, 3.05) is 24.7 Å². The van der Waals surface area contributed by atoms with Gasteiger partial charge in [-0.3, -0.25) is 14.1 Å². The highest BCUT2D eigenvalue weighted by molar-refractivity contribution is 7.99. The fraction of sp³-hybridized carbons (Fsp3) is 0.273. The number of aromatic nitrogens is 4. The van der Waals surface area contributed by atoms with Gasteiger partial charge in [-0.1, -0.05) is 23.4 Å². The Kier molecular flexibility index (Phi) is 5.21. The molecule has 0 radical (unpaired) electrons. The van der Waals surface area contributed by atoms with Crippen molar-refractivity contribution in [3.05, 3.63) is 65.9 Å². The van der Waals surface area contributed by atoms with Crippen molar-refractivity contribution in [3.8, 4) is 11.4 Å². The molecule has 1 N–H and O–H groups in total. The second kappa shape index (κ2) is 8.16. The molecule has 1 aliphatic rings. The van der Waals surface area contributed by atoms with Crippen LogP contribution in [0.2, 0.25) is 0 Å². The molecule has 0 spiro atoms. The Morgan fingerprint density at radius 2 is 2.16 bits per heavy atom.